The Hall–Kier alpha value is -1.32. The van der Waals surface area contributed by atoms with E-state index in [9.17, 15) is 0 Å². The maximum absolute atomic E-state index is 5.93. The molecule has 0 saturated carbocycles. The van der Waals surface area contributed by atoms with Crippen molar-refractivity contribution in [3.05, 3.63) is 57.2 Å². The molecule has 1 unspecified atom stereocenters. The summed E-state index contributed by atoms with van der Waals surface area (Å²) in [4.78, 5) is 1.38. The van der Waals surface area contributed by atoms with Gasteiger partial charge in [0.05, 0.1) is 5.71 Å². The van der Waals surface area contributed by atoms with Crippen molar-refractivity contribution in [1.82, 2.24) is 5.43 Å². The van der Waals surface area contributed by atoms with Crippen LogP contribution in [0, 0.1) is 0 Å². The molecule has 0 aliphatic carbocycles. The molecule has 0 fully saturated rings. The van der Waals surface area contributed by atoms with Gasteiger partial charge in [0.25, 0.3) is 0 Å². The summed E-state index contributed by atoms with van der Waals surface area (Å²) in [6.07, 6.45) is 1.09. The minimum atomic E-state index is 0.396. The Morgan fingerprint density at radius 3 is 2.78 bits per heavy atom. The first-order chi connectivity index (χ1) is 8.84. The highest BCUT2D eigenvalue weighted by molar-refractivity contribution is 7.10. The molecule has 0 amide bonds. The van der Waals surface area contributed by atoms with Crippen LogP contribution in [0.25, 0.3) is 0 Å². The predicted molar refractivity (Wildman–Crippen MR) is 77.7 cm³/mol. The van der Waals surface area contributed by atoms with E-state index in [4.69, 9.17) is 11.6 Å². The first kappa shape index (κ1) is 11.8. The molecule has 2 heterocycles. The average molecular weight is 277 g/mol. The number of hydrazone groups is 1. The summed E-state index contributed by atoms with van der Waals surface area (Å²) < 4.78 is 0. The second kappa shape index (κ2) is 5.12. The minimum absolute atomic E-state index is 0.396. The Morgan fingerprint density at radius 2 is 2.06 bits per heavy atom. The van der Waals surface area contributed by atoms with Gasteiger partial charge in [-0.3, -0.25) is 0 Å². The maximum atomic E-state index is 5.93. The van der Waals surface area contributed by atoms with E-state index in [0.717, 1.165) is 29.3 Å². The Kier molecular flexibility index (Phi) is 3.35. The molecule has 4 heteroatoms. The van der Waals surface area contributed by atoms with Gasteiger partial charge in [-0.15, -0.1) is 11.3 Å². The topological polar surface area (TPSA) is 24.4 Å². The van der Waals surface area contributed by atoms with Crippen LogP contribution in [0.5, 0.6) is 0 Å². The molecule has 1 atom stereocenters. The first-order valence-electron chi connectivity index (χ1n) is 5.94. The van der Waals surface area contributed by atoms with Gasteiger partial charge in [-0.2, -0.15) is 5.10 Å². The van der Waals surface area contributed by atoms with Crippen LogP contribution >= 0.6 is 22.9 Å². The zero-order chi connectivity index (χ0) is 12.4. The third kappa shape index (κ3) is 2.28. The van der Waals surface area contributed by atoms with Crippen molar-refractivity contribution < 1.29 is 0 Å². The normalized spacial score (nSPS) is 19.2. The number of thiophene rings is 1. The second-order valence-corrected chi connectivity index (χ2v) is 5.68. The van der Waals surface area contributed by atoms with Crippen molar-refractivity contribution in [2.45, 2.75) is 12.3 Å². The zero-order valence-corrected chi connectivity index (χ0v) is 11.3. The summed E-state index contributed by atoms with van der Waals surface area (Å²) in [6.45, 7) is 0.930. The van der Waals surface area contributed by atoms with Crippen molar-refractivity contribution in [3.8, 4) is 0 Å². The minimum Gasteiger partial charge on any atom is -0.310 e. The number of benzene rings is 1. The molecule has 0 saturated heterocycles. The van der Waals surface area contributed by atoms with E-state index in [1.54, 1.807) is 11.3 Å². The molecule has 3 rings (SSSR count). The van der Waals surface area contributed by atoms with Crippen LogP contribution in [0.15, 0.2) is 46.9 Å². The molecule has 18 heavy (non-hydrogen) atoms. The van der Waals surface area contributed by atoms with Crippen LogP contribution in [-0.2, 0) is 0 Å². The number of nitrogens with zero attached hydrogens (tertiary/aromatic N) is 1. The molecule has 0 bridgehead atoms. The average Bonchev–Trinajstić information content (AvgIpc) is 2.93. The second-order valence-electron chi connectivity index (χ2n) is 4.27. The Labute approximate surface area is 115 Å². The van der Waals surface area contributed by atoms with E-state index < -0.39 is 0 Å². The lowest BCUT2D eigenvalue weighted by Crippen LogP contribution is -2.27. The molecule has 0 spiro atoms. The predicted octanol–water partition coefficient (Wildman–Crippen LogP) is 3.88. The van der Waals surface area contributed by atoms with Crippen molar-refractivity contribution in [2.24, 2.45) is 5.10 Å². The maximum Gasteiger partial charge on any atom is 0.0758 e. The van der Waals surface area contributed by atoms with Gasteiger partial charge in [-0.05, 0) is 35.6 Å². The van der Waals surface area contributed by atoms with Gasteiger partial charge in [0.15, 0.2) is 0 Å². The van der Waals surface area contributed by atoms with Gasteiger partial charge >= 0.3 is 0 Å². The van der Waals surface area contributed by atoms with E-state index in [2.05, 4.69) is 28.0 Å². The molecule has 1 aromatic heterocycles. The number of nitrogens with one attached hydrogen (secondary N) is 1. The highest BCUT2D eigenvalue weighted by Gasteiger charge is 2.23. The first-order valence-corrected chi connectivity index (χ1v) is 7.20. The third-order valence-electron chi connectivity index (χ3n) is 3.10. The number of hydrogen-bond donors (Lipinski definition) is 1. The highest BCUT2D eigenvalue weighted by Crippen LogP contribution is 2.30. The fraction of sp³-hybridized carbons (Fsp3) is 0.214. The SMILES string of the molecule is Clc1ccc(C2=NNCCC2c2cccs2)cc1. The highest BCUT2D eigenvalue weighted by atomic mass is 35.5. The molecule has 1 aliphatic heterocycles. The van der Waals surface area contributed by atoms with Gasteiger partial charge in [-0.1, -0.05) is 29.8 Å². The molecule has 1 N–H and O–H groups in total. The lowest BCUT2D eigenvalue weighted by Gasteiger charge is -2.23. The van der Waals surface area contributed by atoms with Crippen molar-refractivity contribution in [1.29, 1.82) is 0 Å². The van der Waals surface area contributed by atoms with Crippen molar-refractivity contribution in [3.63, 3.8) is 0 Å². The third-order valence-corrected chi connectivity index (χ3v) is 4.34. The standard InChI is InChI=1S/C14H13ClN2S/c15-11-5-3-10(4-6-11)14-12(7-8-16-17-14)13-2-1-9-18-13/h1-6,9,12,16H,7-8H2. The summed E-state index contributed by atoms with van der Waals surface area (Å²) in [5.74, 6) is 0.396. The van der Waals surface area contributed by atoms with Gasteiger partial charge in [-0.25, -0.2) is 0 Å². The summed E-state index contributed by atoms with van der Waals surface area (Å²) >= 11 is 7.73. The fourth-order valence-corrected chi connectivity index (χ4v) is 3.21. The van der Waals surface area contributed by atoms with E-state index in [1.165, 1.54) is 4.88 Å². The van der Waals surface area contributed by atoms with Gasteiger partial charge in [0, 0.05) is 22.4 Å². The smallest absolute Gasteiger partial charge is 0.0758 e. The number of hydrogen-bond acceptors (Lipinski definition) is 3. The van der Waals surface area contributed by atoms with Crippen molar-refractivity contribution >= 4 is 28.6 Å². The van der Waals surface area contributed by atoms with Crippen LogP contribution < -0.4 is 5.43 Å². The molecule has 1 aliphatic rings. The van der Waals surface area contributed by atoms with E-state index in [-0.39, 0.29) is 0 Å². The summed E-state index contributed by atoms with van der Waals surface area (Å²) in [6, 6.07) is 12.2. The van der Waals surface area contributed by atoms with Crippen LogP contribution in [-0.4, -0.2) is 12.3 Å². The zero-order valence-electron chi connectivity index (χ0n) is 9.77. The summed E-state index contributed by atoms with van der Waals surface area (Å²) in [5, 5.41) is 7.38. The molecule has 92 valence electrons. The molecular formula is C14H13ClN2S. The Bertz CT molecular complexity index is 546. The summed E-state index contributed by atoms with van der Waals surface area (Å²) in [5.41, 5.74) is 5.35. The van der Waals surface area contributed by atoms with E-state index >= 15 is 0 Å². The fourth-order valence-electron chi connectivity index (χ4n) is 2.22. The van der Waals surface area contributed by atoms with E-state index in [0.29, 0.717) is 5.92 Å². The monoisotopic (exact) mass is 276 g/mol. The number of rotatable bonds is 2. The molecule has 2 nitrogen and oxygen atoms in total. The molecule has 2 aromatic rings. The van der Waals surface area contributed by atoms with Crippen LogP contribution in [0.4, 0.5) is 0 Å². The lowest BCUT2D eigenvalue weighted by molar-refractivity contribution is 0.623. The quantitative estimate of drug-likeness (QED) is 0.884. The number of halogens is 1. The van der Waals surface area contributed by atoms with Crippen molar-refractivity contribution in [2.75, 3.05) is 6.54 Å². The van der Waals surface area contributed by atoms with Crippen LogP contribution in [0.3, 0.4) is 0 Å². The molecule has 0 radical (unpaired) electrons. The van der Waals surface area contributed by atoms with Gasteiger partial charge in [0.1, 0.15) is 0 Å². The summed E-state index contributed by atoms with van der Waals surface area (Å²) in [7, 11) is 0. The van der Waals surface area contributed by atoms with Crippen LogP contribution in [0.1, 0.15) is 22.8 Å². The van der Waals surface area contributed by atoms with E-state index in [1.807, 2.05) is 24.3 Å². The van der Waals surface area contributed by atoms with Crippen LogP contribution in [0.2, 0.25) is 5.02 Å². The lowest BCUT2D eigenvalue weighted by atomic mass is 9.91. The molecular weight excluding hydrogens is 264 g/mol. The molecule has 1 aromatic carbocycles. The Morgan fingerprint density at radius 1 is 1.22 bits per heavy atom. The van der Waals surface area contributed by atoms with Gasteiger partial charge < -0.3 is 5.43 Å². The largest absolute Gasteiger partial charge is 0.310 e. The Balaban J connectivity index is 1.97. The van der Waals surface area contributed by atoms with Gasteiger partial charge in [0.2, 0.25) is 0 Å².